The van der Waals surface area contributed by atoms with Crippen LogP contribution >= 0.6 is 0 Å². The van der Waals surface area contributed by atoms with E-state index in [9.17, 15) is 9.59 Å². The van der Waals surface area contributed by atoms with Crippen molar-refractivity contribution in [3.05, 3.63) is 53.5 Å². The van der Waals surface area contributed by atoms with Gasteiger partial charge in [-0.15, -0.1) is 0 Å². The number of aryl methyl sites for hydroxylation is 1. The minimum atomic E-state index is -0.465. The highest BCUT2D eigenvalue weighted by molar-refractivity contribution is 6.02. The Morgan fingerprint density at radius 3 is 2.83 bits per heavy atom. The number of carbonyl (C=O) groups excluding carboxylic acids is 2. The number of furan rings is 1. The van der Waals surface area contributed by atoms with Crippen molar-refractivity contribution in [2.75, 3.05) is 5.32 Å². The predicted octanol–water partition coefficient (Wildman–Crippen LogP) is 3.58. The van der Waals surface area contributed by atoms with E-state index in [0.717, 1.165) is 42.9 Å². The van der Waals surface area contributed by atoms with Gasteiger partial charge in [0.15, 0.2) is 0 Å². The van der Waals surface area contributed by atoms with Crippen LogP contribution in [-0.2, 0) is 11.3 Å². The maximum Gasteiger partial charge on any atom is 0.255 e. The molecule has 3 aliphatic carbocycles. The highest BCUT2D eigenvalue weighted by Gasteiger charge is 2.60. The number of anilines is 1. The van der Waals surface area contributed by atoms with Crippen LogP contribution in [-0.4, -0.2) is 17.5 Å². The smallest absolute Gasteiger partial charge is 0.255 e. The summed E-state index contributed by atoms with van der Waals surface area (Å²) >= 11 is 0. The maximum atomic E-state index is 13.0. The summed E-state index contributed by atoms with van der Waals surface area (Å²) in [6, 6.07) is 11.5. The Kier molecular flexibility index (Phi) is 4.02. The first kappa shape index (κ1) is 18.3. The topological polar surface area (TPSA) is 83.4 Å². The lowest BCUT2D eigenvalue weighted by Crippen LogP contribution is -2.70. The van der Waals surface area contributed by atoms with E-state index in [1.807, 2.05) is 43.3 Å². The lowest BCUT2D eigenvalue weighted by molar-refractivity contribution is -0.139. The molecule has 4 atom stereocenters. The standard InChI is InChI=1S/C23H27N3O3/c1-14-7-8-16(29-14)12-24-21(28)18-11-15-9-10-22(18,2)13-23(15)25-19-6-4-3-5-17(19)20(27)26-23/h3-8,15,18,25H,9-13H2,1-2H3,(H,24,28)(H,26,27)/t15-,18+,22+,23+/m1/s1. The zero-order valence-electron chi connectivity index (χ0n) is 16.9. The van der Waals surface area contributed by atoms with Gasteiger partial charge in [0.2, 0.25) is 5.91 Å². The van der Waals surface area contributed by atoms with Crippen molar-refractivity contribution in [1.29, 1.82) is 0 Å². The number of hydrogen-bond acceptors (Lipinski definition) is 4. The molecule has 1 aliphatic heterocycles. The third kappa shape index (κ3) is 2.93. The fraction of sp³-hybridized carbons (Fsp3) is 0.478. The molecule has 0 unspecified atom stereocenters. The summed E-state index contributed by atoms with van der Waals surface area (Å²) in [6.45, 7) is 4.51. The van der Waals surface area contributed by atoms with Crippen LogP contribution in [0.3, 0.4) is 0 Å². The monoisotopic (exact) mass is 393 g/mol. The molecule has 6 nitrogen and oxygen atoms in total. The van der Waals surface area contributed by atoms with Crippen LogP contribution in [0.25, 0.3) is 0 Å². The van der Waals surface area contributed by atoms with Gasteiger partial charge in [0.25, 0.3) is 5.91 Å². The molecule has 152 valence electrons. The van der Waals surface area contributed by atoms with Crippen molar-refractivity contribution in [1.82, 2.24) is 10.6 Å². The second-order valence-electron chi connectivity index (χ2n) is 9.18. The van der Waals surface area contributed by atoms with E-state index in [1.54, 1.807) is 0 Å². The van der Waals surface area contributed by atoms with Crippen molar-refractivity contribution in [2.24, 2.45) is 17.3 Å². The number of benzene rings is 1. The van der Waals surface area contributed by atoms with Crippen molar-refractivity contribution in [2.45, 2.75) is 51.7 Å². The Morgan fingerprint density at radius 2 is 2.07 bits per heavy atom. The number of para-hydroxylation sites is 1. The molecule has 0 radical (unpaired) electrons. The molecule has 2 heterocycles. The van der Waals surface area contributed by atoms with Gasteiger partial charge in [0.05, 0.1) is 12.1 Å². The molecule has 3 N–H and O–H groups in total. The molecular weight excluding hydrogens is 366 g/mol. The van der Waals surface area contributed by atoms with Gasteiger partial charge in [0, 0.05) is 17.5 Å². The lowest BCUT2D eigenvalue weighted by atomic mass is 9.51. The van der Waals surface area contributed by atoms with Crippen LogP contribution in [0.4, 0.5) is 5.69 Å². The Bertz CT molecular complexity index is 983. The van der Waals surface area contributed by atoms with Gasteiger partial charge in [-0.05, 0) is 62.3 Å². The lowest BCUT2D eigenvalue weighted by Gasteiger charge is -2.60. The first-order chi connectivity index (χ1) is 13.9. The zero-order chi connectivity index (χ0) is 20.2. The summed E-state index contributed by atoms with van der Waals surface area (Å²) < 4.78 is 5.57. The Morgan fingerprint density at radius 1 is 1.24 bits per heavy atom. The molecule has 1 spiro atoms. The molecule has 0 saturated heterocycles. The zero-order valence-corrected chi connectivity index (χ0v) is 16.9. The second kappa shape index (κ2) is 6.37. The third-order valence-electron chi connectivity index (χ3n) is 7.22. The number of hydrogen-bond donors (Lipinski definition) is 3. The Hall–Kier alpha value is -2.76. The van der Waals surface area contributed by atoms with Crippen LogP contribution in [0, 0.1) is 24.2 Å². The largest absolute Gasteiger partial charge is 0.465 e. The van der Waals surface area contributed by atoms with Crippen LogP contribution < -0.4 is 16.0 Å². The van der Waals surface area contributed by atoms with Gasteiger partial charge < -0.3 is 20.4 Å². The van der Waals surface area contributed by atoms with E-state index >= 15 is 0 Å². The summed E-state index contributed by atoms with van der Waals surface area (Å²) in [5.74, 6) is 1.85. The van der Waals surface area contributed by atoms with Gasteiger partial charge in [-0.2, -0.15) is 0 Å². The Labute approximate surface area is 170 Å². The van der Waals surface area contributed by atoms with E-state index in [-0.39, 0.29) is 29.1 Å². The Balaban J connectivity index is 1.35. The molecule has 3 saturated carbocycles. The van der Waals surface area contributed by atoms with E-state index < -0.39 is 5.66 Å². The minimum Gasteiger partial charge on any atom is -0.465 e. The fourth-order valence-electron chi connectivity index (χ4n) is 5.73. The first-order valence-corrected chi connectivity index (χ1v) is 10.4. The molecule has 2 amide bonds. The third-order valence-corrected chi connectivity index (χ3v) is 7.22. The van der Waals surface area contributed by atoms with E-state index in [4.69, 9.17) is 4.42 Å². The highest BCUT2D eigenvalue weighted by Crippen LogP contribution is 2.58. The molecule has 3 fully saturated rings. The minimum absolute atomic E-state index is 0.0234. The van der Waals surface area contributed by atoms with Gasteiger partial charge in [0.1, 0.15) is 17.2 Å². The number of nitrogens with one attached hydrogen (secondary N) is 3. The molecule has 1 aromatic heterocycles. The number of rotatable bonds is 3. The number of amides is 2. The summed E-state index contributed by atoms with van der Waals surface area (Å²) in [6.07, 6.45) is 3.53. The highest BCUT2D eigenvalue weighted by atomic mass is 16.3. The van der Waals surface area contributed by atoms with Crippen molar-refractivity contribution in [3.8, 4) is 0 Å². The average Bonchev–Trinajstić information content (AvgIpc) is 3.11. The summed E-state index contributed by atoms with van der Waals surface area (Å²) in [7, 11) is 0. The first-order valence-electron chi connectivity index (χ1n) is 10.4. The normalized spacial score (nSPS) is 32.4. The van der Waals surface area contributed by atoms with Crippen molar-refractivity contribution in [3.63, 3.8) is 0 Å². The van der Waals surface area contributed by atoms with E-state index in [1.165, 1.54) is 0 Å². The van der Waals surface area contributed by atoms with Crippen LogP contribution in [0.1, 0.15) is 54.5 Å². The molecule has 29 heavy (non-hydrogen) atoms. The molecular formula is C23H27N3O3. The fourth-order valence-corrected chi connectivity index (χ4v) is 5.73. The van der Waals surface area contributed by atoms with Crippen molar-refractivity contribution >= 4 is 17.5 Å². The maximum absolute atomic E-state index is 13.0. The van der Waals surface area contributed by atoms with E-state index in [2.05, 4.69) is 22.9 Å². The SMILES string of the molecule is Cc1ccc(CNC(=O)[C@@H]2C[C@H]3CC[C@@]2(C)C[C@]32NC(=O)c3ccccc3N2)o1. The van der Waals surface area contributed by atoms with E-state index in [0.29, 0.717) is 12.1 Å². The van der Waals surface area contributed by atoms with Gasteiger partial charge in [-0.1, -0.05) is 19.1 Å². The number of carbonyl (C=O) groups is 2. The molecule has 6 rings (SSSR count). The molecule has 2 aromatic rings. The van der Waals surface area contributed by atoms with Crippen LogP contribution in [0.5, 0.6) is 0 Å². The quantitative estimate of drug-likeness (QED) is 0.744. The van der Waals surface area contributed by atoms with Gasteiger partial charge in [-0.25, -0.2) is 0 Å². The summed E-state index contributed by atoms with van der Waals surface area (Å²) in [5, 5.41) is 9.98. The molecule has 2 bridgehead atoms. The summed E-state index contributed by atoms with van der Waals surface area (Å²) in [5.41, 5.74) is 0.951. The van der Waals surface area contributed by atoms with Crippen LogP contribution in [0.2, 0.25) is 0 Å². The van der Waals surface area contributed by atoms with Gasteiger partial charge >= 0.3 is 0 Å². The predicted molar refractivity (Wildman–Crippen MR) is 109 cm³/mol. The molecule has 4 aliphatic rings. The molecule has 6 heteroatoms. The second-order valence-corrected chi connectivity index (χ2v) is 9.18. The summed E-state index contributed by atoms with van der Waals surface area (Å²) in [4.78, 5) is 25.8. The van der Waals surface area contributed by atoms with Crippen LogP contribution in [0.15, 0.2) is 40.8 Å². The van der Waals surface area contributed by atoms with Crippen molar-refractivity contribution < 1.29 is 14.0 Å². The van der Waals surface area contributed by atoms with Gasteiger partial charge in [-0.3, -0.25) is 9.59 Å². The molecule has 1 aromatic carbocycles. The average molecular weight is 393 g/mol. The number of fused-ring (bicyclic) bond motifs is 3.